The van der Waals surface area contributed by atoms with Crippen LogP contribution >= 0.6 is 15.8 Å². The molecule has 1 radical (unpaired) electrons. The van der Waals surface area contributed by atoms with Crippen LogP contribution < -0.4 is 5.73 Å². The van der Waals surface area contributed by atoms with E-state index in [1.165, 1.54) is 25.4 Å². The van der Waals surface area contributed by atoms with Crippen molar-refractivity contribution < 1.29 is 24.3 Å². The zero-order chi connectivity index (χ0) is 23.0. The van der Waals surface area contributed by atoms with Crippen LogP contribution in [-0.4, -0.2) is 70.8 Å². The van der Waals surface area contributed by atoms with E-state index in [2.05, 4.69) is 94.8 Å². The Morgan fingerprint density at radius 1 is 0.621 bits per heavy atom. The van der Waals surface area contributed by atoms with Crippen molar-refractivity contribution >= 4 is 22.6 Å². The minimum atomic E-state index is -0.457. The quantitative estimate of drug-likeness (QED) is 0.197. The fraction of sp³-hybridized carbons (Fsp3) is 0.957. The predicted octanol–water partition coefficient (Wildman–Crippen LogP) is 5.33. The Morgan fingerprint density at radius 3 is 1.03 bits per heavy atom. The number of hydrogen-bond acceptors (Lipinski definition) is 3. The van der Waals surface area contributed by atoms with E-state index in [0.717, 1.165) is 13.1 Å². The molecular weight excluding hydrogens is 483 g/mol. The van der Waals surface area contributed by atoms with E-state index in [0.29, 0.717) is 20.6 Å². The second kappa shape index (κ2) is 14.3. The van der Waals surface area contributed by atoms with Gasteiger partial charge < -0.3 is 10.5 Å². The first-order valence-corrected chi connectivity index (χ1v) is 14.2. The molecule has 0 unspecified atom stereocenters. The van der Waals surface area contributed by atoms with Crippen molar-refractivity contribution in [2.24, 2.45) is 5.73 Å². The minimum absolute atomic E-state index is 0. The van der Waals surface area contributed by atoms with Crippen LogP contribution in [0.3, 0.4) is 0 Å². The van der Waals surface area contributed by atoms with Crippen LogP contribution in [0.15, 0.2) is 0 Å². The standard InChI is InChI=1S/C22H50N2P2.CHO.Ru.H/c1-19(2,3)25(20(4,5)6)17-15-24(14-13-23)16-18-26(21(7,8)9)22(10,11)12;1-2;;/h13-18,23H2,1-12H3;1H;;/q;-1;+3;/p+2. The zero-order valence-electron chi connectivity index (χ0n) is 21.6. The Kier molecular flexibility index (Phi) is 17.1. The molecule has 0 atom stereocenters. The topological polar surface area (TPSA) is 46.3 Å². The number of hydrogen-bond donors (Lipinski definition) is 1. The molecule has 0 saturated carbocycles. The van der Waals surface area contributed by atoms with E-state index in [1.807, 2.05) is 0 Å². The van der Waals surface area contributed by atoms with Crippen molar-refractivity contribution in [3.63, 3.8) is 0 Å². The van der Waals surface area contributed by atoms with E-state index in [4.69, 9.17) is 10.5 Å². The zero-order valence-corrected chi connectivity index (χ0v) is 25.5. The van der Waals surface area contributed by atoms with Gasteiger partial charge in [-0.05, 0) is 83.1 Å². The molecule has 0 aromatic rings. The molecule has 6 heteroatoms. The molecule has 3 nitrogen and oxygen atoms in total. The summed E-state index contributed by atoms with van der Waals surface area (Å²) >= 11 is 0. The van der Waals surface area contributed by atoms with Gasteiger partial charge in [-0.3, -0.25) is 11.7 Å². The van der Waals surface area contributed by atoms with Gasteiger partial charge in [-0.1, -0.05) is 0 Å². The second-order valence-corrected chi connectivity index (χ2v) is 21.0. The second-order valence-electron chi connectivity index (χ2n) is 12.1. The maximum atomic E-state index is 7.75. The summed E-state index contributed by atoms with van der Waals surface area (Å²) < 4.78 is 0. The molecule has 0 amide bonds. The van der Waals surface area contributed by atoms with Crippen LogP contribution in [0.1, 0.15) is 83.1 Å². The van der Waals surface area contributed by atoms with Gasteiger partial charge >= 0.3 is 19.5 Å². The summed E-state index contributed by atoms with van der Waals surface area (Å²) in [6.07, 6.45) is 2.73. The average Bonchev–Trinajstić information content (AvgIpc) is 2.43. The van der Waals surface area contributed by atoms with Gasteiger partial charge in [0.25, 0.3) is 0 Å². The van der Waals surface area contributed by atoms with Gasteiger partial charge in [0.15, 0.2) is 0 Å². The van der Waals surface area contributed by atoms with E-state index < -0.39 is 15.8 Å². The summed E-state index contributed by atoms with van der Waals surface area (Å²) in [7, 11) is -0.914. The molecule has 2 N–H and O–H groups in total. The third kappa shape index (κ3) is 14.7. The summed E-state index contributed by atoms with van der Waals surface area (Å²) in [5.74, 6) is 0. The molecule has 0 spiro atoms. The molecular formula is C23H54N2OP2Ru+4. The maximum absolute atomic E-state index is 7.75. The molecule has 0 bridgehead atoms. The number of nitrogens with zero attached hydrogens (tertiary/aromatic N) is 1. The van der Waals surface area contributed by atoms with Crippen molar-refractivity contribution in [1.29, 1.82) is 0 Å². The van der Waals surface area contributed by atoms with Crippen LogP contribution in [-0.2, 0) is 24.3 Å². The summed E-state index contributed by atoms with van der Waals surface area (Å²) in [4.78, 5) is 10.4. The molecule has 0 aliphatic carbocycles. The van der Waals surface area contributed by atoms with Gasteiger partial charge in [0.1, 0.15) is 0 Å². The van der Waals surface area contributed by atoms with E-state index in [-0.39, 0.29) is 19.5 Å². The van der Waals surface area contributed by atoms with Crippen LogP contribution in [0.4, 0.5) is 0 Å². The molecule has 29 heavy (non-hydrogen) atoms. The van der Waals surface area contributed by atoms with Gasteiger partial charge in [-0.2, -0.15) is 0 Å². The van der Waals surface area contributed by atoms with Crippen molar-refractivity contribution in [3.05, 3.63) is 0 Å². The first-order valence-electron chi connectivity index (χ1n) is 10.8. The van der Waals surface area contributed by atoms with Crippen LogP contribution in [0.2, 0.25) is 0 Å². The molecule has 0 aromatic carbocycles. The van der Waals surface area contributed by atoms with Crippen molar-refractivity contribution in [3.8, 4) is 0 Å². The van der Waals surface area contributed by atoms with Crippen molar-refractivity contribution in [2.45, 2.75) is 104 Å². The van der Waals surface area contributed by atoms with E-state index >= 15 is 0 Å². The van der Waals surface area contributed by atoms with Gasteiger partial charge in [0.2, 0.25) is 0 Å². The summed E-state index contributed by atoms with van der Waals surface area (Å²) in [5.41, 5.74) is 5.96. The Morgan fingerprint density at radius 2 is 0.862 bits per heavy atom. The van der Waals surface area contributed by atoms with Crippen LogP contribution in [0, 0.1) is 0 Å². The summed E-state index contributed by atoms with van der Waals surface area (Å²) in [6, 6.07) is 0. The monoisotopic (exact) mass is 538 g/mol. The van der Waals surface area contributed by atoms with E-state index in [9.17, 15) is 0 Å². The Labute approximate surface area is 199 Å². The third-order valence-electron chi connectivity index (χ3n) is 5.42. The molecule has 0 heterocycles. The number of nitrogens with two attached hydrogens (primary N) is 1. The molecule has 0 aliphatic rings. The summed E-state index contributed by atoms with van der Waals surface area (Å²) in [5, 5.41) is 1.79. The Hall–Kier alpha value is 1.07. The van der Waals surface area contributed by atoms with E-state index in [1.54, 1.807) is 0 Å². The molecule has 0 fully saturated rings. The molecule has 0 aromatic heterocycles. The average molecular weight is 538 g/mol. The van der Waals surface area contributed by atoms with Crippen LogP contribution in [0.25, 0.3) is 0 Å². The van der Waals surface area contributed by atoms with Crippen LogP contribution in [0.5, 0.6) is 0 Å². The first kappa shape index (κ1) is 34.7. The molecule has 0 rings (SSSR count). The Bertz CT molecular complexity index is 357. The van der Waals surface area contributed by atoms with Gasteiger partial charge in [0, 0.05) is 42.0 Å². The molecule has 0 aliphatic heterocycles. The van der Waals surface area contributed by atoms with Gasteiger partial charge in [-0.15, -0.1) is 0 Å². The van der Waals surface area contributed by atoms with Gasteiger partial charge in [-0.25, -0.2) is 0 Å². The number of rotatable bonds is 8. The normalized spacial score (nSPS) is 13.4. The van der Waals surface area contributed by atoms with Gasteiger partial charge in [0.05, 0.1) is 32.9 Å². The fourth-order valence-electron chi connectivity index (χ4n) is 4.81. The van der Waals surface area contributed by atoms with Crippen molar-refractivity contribution in [1.82, 2.24) is 4.90 Å². The first-order chi connectivity index (χ1) is 12.4. The Balaban J connectivity index is -0.00000218. The fourth-order valence-corrected chi connectivity index (χ4v) is 13.4. The third-order valence-corrected chi connectivity index (χ3v) is 14.1. The van der Waals surface area contributed by atoms with Crippen molar-refractivity contribution in [2.75, 3.05) is 38.5 Å². The molecule has 176 valence electrons. The SMILES string of the molecule is CC(C)(C)[PH+](CCN(CCN)CC[PH+](C(C)(C)C)C(C)(C)C)C(C)(C)C.[CH-]=O.[RuH+3]. The molecule has 0 saturated heterocycles. The predicted molar refractivity (Wildman–Crippen MR) is 139 cm³/mol. The summed E-state index contributed by atoms with van der Waals surface area (Å²) in [6.45, 7) is 36.9. The number of carbonyl (C=O) groups excluding carboxylic acids is 1.